The first-order valence-electron chi connectivity index (χ1n) is 19.7. The predicted molar refractivity (Wildman–Crippen MR) is 195 cm³/mol. The standard InChI is InChI=1S/C38H76NO8P/c1-6-8-10-12-14-16-18-20-22-24-26-28-30-36(42)38(34-39(3,4)5,47-48(44,45)46-33-35(41)32-40)37(43)31-29-27-25-23-21-19-17-15-13-11-9-7-2/h35,40-41H,6-34H2,1-5H3/t35-/m1/s1. The van der Waals surface area contributed by atoms with Crippen molar-refractivity contribution in [3.8, 4) is 0 Å². The van der Waals surface area contributed by atoms with Crippen LogP contribution in [0.1, 0.15) is 181 Å². The Morgan fingerprint density at radius 1 is 0.646 bits per heavy atom. The summed E-state index contributed by atoms with van der Waals surface area (Å²) < 4.78 is 23.5. The number of Topliss-reactive ketones (excluding diaryl/α,β-unsaturated/α-hetero) is 2. The number of ketones is 2. The molecule has 9 nitrogen and oxygen atoms in total. The zero-order valence-corrected chi connectivity index (χ0v) is 32.7. The number of likely N-dealkylation sites (N-methyl/N-ethyl adjacent to an activating group) is 1. The minimum absolute atomic E-state index is 0.0425. The van der Waals surface area contributed by atoms with E-state index in [1.54, 1.807) is 21.1 Å². The van der Waals surface area contributed by atoms with E-state index in [9.17, 15) is 24.2 Å². The Bertz CT molecular complexity index is 807. The van der Waals surface area contributed by atoms with Gasteiger partial charge in [-0.3, -0.25) is 18.7 Å². The number of phosphoric ester groups is 1. The van der Waals surface area contributed by atoms with E-state index >= 15 is 0 Å². The fourth-order valence-electron chi connectivity index (χ4n) is 6.23. The molecular formula is C38H76NO8P. The Morgan fingerprint density at radius 2 is 0.958 bits per heavy atom. The molecule has 0 aromatic rings. The van der Waals surface area contributed by atoms with Gasteiger partial charge in [-0.25, -0.2) is 0 Å². The third-order valence-corrected chi connectivity index (χ3v) is 10.0. The third-order valence-electron chi connectivity index (χ3n) is 9.02. The molecule has 1 unspecified atom stereocenters. The summed E-state index contributed by atoms with van der Waals surface area (Å²) in [5, 5.41) is 18.8. The molecule has 0 aromatic carbocycles. The summed E-state index contributed by atoms with van der Waals surface area (Å²) in [6.45, 7) is 2.88. The van der Waals surface area contributed by atoms with Crippen LogP contribution in [-0.2, 0) is 23.2 Å². The van der Waals surface area contributed by atoms with Crippen molar-refractivity contribution < 1.29 is 42.8 Å². The molecule has 0 fully saturated rings. The van der Waals surface area contributed by atoms with Gasteiger partial charge in [0.05, 0.1) is 34.4 Å². The first kappa shape index (κ1) is 47.3. The minimum Gasteiger partial charge on any atom is -0.756 e. The lowest BCUT2D eigenvalue weighted by Crippen LogP contribution is -2.60. The first-order chi connectivity index (χ1) is 22.8. The van der Waals surface area contributed by atoms with E-state index in [4.69, 9.17) is 14.2 Å². The van der Waals surface area contributed by atoms with Crippen LogP contribution < -0.4 is 4.89 Å². The summed E-state index contributed by atoms with van der Waals surface area (Å²) in [6, 6.07) is 0. The molecule has 286 valence electrons. The molecule has 2 atom stereocenters. The van der Waals surface area contributed by atoms with Crippen LogP contribution in [0.4, 0.5) is 0 Å². The molecule has 2 N–H and O–H groups in total. The van der Waals surface area contributed by atoms with Crippen molar-refractivity contribution in [2.45, 2.75) is 192 Å². The van der Waals surface area contributed by atoms with Crippen LogP contribution in [0.5, 0.6) is 0 Å². The summed E-state index contributed by atoms with van der Waals surface area (Å²) >= 11 is 0. The molecule has 0 saturated heterocycles. The summed E-state index contributed by atoms with van der Waals surface area (Å²) in [4.78, 5) is 40.8. The number of aliphatic hydroxyl groups excluding tert-OH is 2. The van der Waals surface area contributed by atoms with Crippen LogP contribution in [0.3, 0.4) is 0 Å². The van der Waals surface area contributed by atoms with E-state index in [1.165, 1.54) is 103 Å². The number of carbonyl (C=O) groups excluding carboxylic acids is 2. The van der Waals surface area contributed by atoms with E-state index in [1.807, 2.05) is 0 Å². The molecule has 10 heteroatoms. The fraction of sp³-hybridized carbons (Fsp3) is 0.947. The smallest absolute Gasteiger partial charge is 0.269 e. The maximum atomic E-state index is 13.9. The zero-order valence-electron chi connectivity index (χ0n) is 31.8. The van der Waals surface area contributed by atoms with Crippen LogP contribution in [0.25, 0.3) is 0 Å². The van der Waals surface area contributed by atoms with Crippen molar-refractivity contribution in [2.24, 2.45) is 0 Å². The first-order valence-corrected chi connectivity index (χ1v) is 21.1. The molecule has 48 heavy (non-hydrogen) atoms. The normalized spacial score (nSPS) is 14.2. The van der Waals surface area contributed by atoms with Crippen LogP contribution >= 0.6 is 7.82 Å². The SMILES string of the molecule is CCCCCCCCCCCCCCC(=O)C(C[N+](C)(C)C)(OP(=O)([O-])OC[C@H](O)CO)C(=O)CCCCCCCCCCCCCC. The summed E-state index contributed by atoms with van der Waals surface area (Å²) in [6.07, 6.45) is 25.9. The van der Waals surface area contributed by atoms with Gasteiger partial charge in [0.1, 0.15) is 12.6 Å². The monoisotopic (exact) mass is 706 g/mol. The average Bonchev–Trinajstić information content (AvgIpc) is 3.03. The van der Waals surface area contributed by atoms with Crippen molar-refractivity contribution in [1.82, 2.24) is 0 Å². The molecule has 0 heterocycles. The van der Waals surface area contributed by atoms with E-state index in [-0.39, 0.29) is 23.9 Å². The van der Waals surface area contributed by atoms with Gasteiger partial charge in [-0.15, -0.1) is 0 Å². The minimum atomic E-state index is -5.19. The van der Waals surface area contributed by atoms with E-state index < -0.39 is 44.3 Å². The topological polar surface area (TPSA) is 133 Å². The molecule has 0 saturated carbocycles. The quantitative estimate of drug-likeness (QED) is 0.0287. The number of hydrogen-bond donors (Lipinski definition) is 2. The van der Waals surface area contributed by atoms with E-state index in [0.717, 1.165) is 38.5 Å². The Labute approximate surface area is 295 Å². The largest absolute Gasteiger partial charge is 0.756 e. The number of carbonyl (C=O) groups is 2. The number of phosphoric acid groups is 1. The maximum Gasteiger partial charge on any atom is 0.269 e. The lowest BCUT2D eigenvalue weighted by Gasteiger charge is -2.40. The number of rotatable bonds is 36. The number of hydrogen-bond acceptors (Lipinski definition) is 8. The molecule has 0 rings (SSSR count). The van der Waals surface area contributed by atoms with Crippen molar-refractivity contribution in [3.63, 3.8) is 0 Å². The highest BCUT2D eigenvalue weighted by molar-refractivity contribution is 7.46. The van der Waals surface area contributed by atoms with E-state index in [2.05, 4.69) is 13.8 Å². The lowest BCUT2D eigenvalue weighted by atomic mass is 9.86. The van der Waals surface area contributed by atoms with Crippen molar-refractivity contribution >= 4 is 19.4 Å². The molecular weight excluding hydrogens is 629 g/mol. The Kier molecular flexibility index (Phi) is 28.6. The van der Waals surface area contributed by atoms with Gasteiger partial charge >= 0.3 is 0 Å². The van der Waals surface area contributed by atoms with Crippen molar-refractivity contribution in [3.05, 3.63) is 0 Å². The van der Waals surface area contributed by atoms with Gasteiger partial charge in [-0.2, -0.15) is 0 Å². The average molecular weight is 706 g/mol. The molecule has 0 aliphatic rings. The summed E-state index contributed by atoms with van der Waals surface area (Å²) in [5.74, 6) is -1.07. The molecule has 0 aromatic heterocycles. The van der Waals surface area contributed by atoms with Crippen LogP contribution in [0, 0.1) is 0 Å². The second kappa shape index (κ2) is 29.0. The van der Waals surface area contributed by atoms with Gasteiger partial charge in [-0.05, 0) is 12.8 Å². The second-order valence-electron chi connectivity index (χ2n) is 15.1. The molecule has 0 spiro atoms. The molecule has 0 radical (unpaired) electrons. The number of aliphatic hydroxyl groups is 2. The van der Waals surface area contributed by atoms with E-state index in [0.29, 0.717) is 12.8 Å². The molecule has 0 amide bonds. The number of quaternary nitrogens is 1. The molecule has 0 aliphatic carbocycles. The fourth-order valence-corrected chi connectivity index (χ4v) is 7.29. The van der Waals surface area contributed by atoms with Crippen molar-refractivity contribution in [2.75, 3.05) is 40.9 Å². The highest BCUT2D eigenvalue weighted by atomic mass is 31.2. The Hall–Kier alpha value is -0.670. The second-order valence-corrected chi connectivity index (χ2v) is 16.4. The Balaban J connectivity index is 5.19. The zero-order chi connectivity index (χ0) is 36.2. The van der Waals surface area contributed by atoms with Crippen LogP contribution in [-0.4, -0.2) is 78.9 Å². The van der Waals surface area contributed by atoms with Crippen LogP contribution in [0.2, 0.25) is 0 Å². The summed E-state index contributed by atoms with van der Waals surface area (Å²) in [7, 11) is 0.183. The lowest BCUT2D eigenvalue weighted by molar-refractivity contribution is -0.874. The van der Waals surface area contributed by atoms with Crippen molar-refractivity contribution in [1.29, 1.82) is 0 Å². The maximum absolute atomic E-state index is 13.9. The molecule has 0 bridgehead atoms. The van der Waals surface area contributed by atoms with Crippen LogP contribution in [0.15, 0.2) is 0 Å². The highest BCUT2D eigenvalue weighted by Crippen LogP contribution is 2.45. The van der Waals surface area contributed by atoms with Gasteiger partial charge in [0.2, 0.25) is 5.60 Å². The predicted octanol–water partition coefficient (Wildman–Crippen LogP) is 8.61. The van der Waals surface area contributed by atoms with Gasteiger partial charge < -0.3 is 24.1 Å². The van der Waals surface area contributed by atoms with Gasteiger partial charge in [-0.1, -0.05) is 155 Å². The number of nitrogens with zero attached hydrogens (tertiary/aromatic N) is 1. The van der Waals surface area contributed by atoms with Gasteiger partial charge in [0.25, 0.3) is 7.82 Å². The highest BCUT2D eigenvalue weighted by Gasteiger charge is 2.52. The third kappa shape index (κ3) is 25.3. The van der Waals surface area contributed by atoms with Gasteiger partial charge in [0, 0.05) is 12.8 Å². The van der Waals surface area contributed by atoms with Gasteiger partial charge in [0.15, 0.2) is 11.6 Å². The Morgan fingerprint density at radius 3 is 1.25 bits per heavy atom. The summed E-state index contributed by atoms with van der Waals surface area (Å²) in [5.41, 5.74) is -2.20. The molecule has 0 aliphatic heterocycles. The number of unbranched alkanes of at least 4 members (excludes halogenated alkanes) is 22.